The predicted molar refractivity (Wildman–Crippen MR) is 95.3 cm³/mol. The van der Waals surface area contributed by atoms with Gasteiger partial charge in [-0.05, 0) is 34.5 Å². The number of hydrogen-bond donors (Lipinski definition) is 1. The van der Waals surface area contributed by atoms with E-state index in [2.05, 4.69) is 0 Å². The fraction of sp³-hybridized carbons (Fsp3) is 0.111. The molecule has 0 radical (unpaired) electrons. The molecule has 0 fully saturated rings. The summed E-state index contributed by atoms with van der Waals surface area (Å²) in [6.07, 6.45) is 0. The summed E-state index contributed by atoms with van der Waals surface area (Å²) in [7, 11) is 0. The maximum absolute atomic E-state index is 11.1. The van der Waals surface area contributed by atoms with Crippen LogP contribution in [0, 0.1) is 10.1 Å². The second kappa shape index (κ2) is 6.71. The first-order valence-corrected chi connectivity index (χ1v) is 8.13. The molecule has 0 bridgehead atoms. The Labute approximate surface area is 138 Å². The molecule has 1 unspecified atom stereocenters. The Balaban J connectivity index is 1.97. The third-order valence-electron chi connectivity index (χ3n) is 3.65. The normalized spacial score (nSPS) is 12.2. The Morgan fingerprint density at radius 1 is 1.00 bits per heavy atom. The zero-order chi connectivity index (χ0) is 16.2. The van der Waals surface area contributed by atoms with Crippen molar-refractivity contribution in [3.05, 3.63) is 82.4 Å². The number of benzene rings is 3. The van der Waals surface area contributed by atoms with Gasteiger partial charge in [0.1, 0.15) is 0 Å². The number of nitrogens with two attached hydrogens (primary N) is 1. The first-order valence-electron chi connectivity index (χ1n) is 7.25. The van der Waals surface area contributed by atoms with Gasteiger partial charge in [-0.3, -0.25) is 10.1 Å². The van der Waals surface area contributed by atoms with E-state index >= 15 is 0 Å². The molecule has 1 atom stereocenters. The van der Waals surface area contributed by atoms with Gasteiger partial charge in [-0.25, -0.2) is 0 Å². The highest BCUT2D eigenvalue weighted by atomic mass is 32.2. The molecule has 3 rings (SSSR count). The highest BCUT2D eigenvalue weighted by Gasteiger charge is 2.20. The molecule has 2 N–H and O–H groups in total. The van der Waals surface area contributed by atoms with Crippen molar-refractivity contribution in [2.45, 2.75) is 10.1 Å². The molecule has 116 valence electrons. The van der Waals surface area contributed by atoms with Crippen LogP contribution in [0.4, 0.5) is 5.69 Å². The molecule has 0 aliphatic rings. The number of anilines is 1. The van der Waals surface area contributed by atoms with E-state index in [1.807, 2.05) is 66.7 Å². The predicted octanol–water partition coefficient (Wildman–Crippen LogP) is 4.53. The highest BCUT2D eigenvalue weighted by Crippen LogP contribution is 2.38. The first-order chi connectivity index (χ1) is 11.1. The molecule has 3 aromatic carbocycles. The van der Waals surface area contributed by atoms with Gasteiger partial charge in [0, 0.05) is 15.5 Å². The van der Waals surface area contributed by atoms with Gasteiger partial charge in [-0.1, -0.05) is 48.5 Å². The smallest absolute Gasteiger partial charge is 0.220 e. The number of nitrogen functional groups attached to an aromatic ring is 1. The molecular formula is C18H16N2O2S. The summed E-state index contributed by atoms with van der Waals surface area (Å²) < 4.78 is 0. The van der Waals surface area contributed by atoms with Gasteiger partial charge in [0.25, 0.3) is 0 Å². The summed E-state index contributed by atoms with van der Waals surface area (Å²) in [5, 5.41) is 13.0. The lowest BCUT2D eigenvalue weighted by atomic mass is 10.1. The minimum Gasteiger partial charge on any atom is -0.398 e. The SMILES string of the molecule is Nc1ccccc1SC(C[N+](=O)[O-])c1ccc2ccccc2c1. The average molecular weight is 324 g/mol. The van der Waals surface area contributed by atoms with E-state index in [4.69, 9.17) is 5.73 Å². The standard InChI is InChI=1S/C18H16N2O2S/c19-16-7-3-4-8-17(16)23-18(12-20(21)22)15-10-9-13-5-1-2-6-14(13)11-15/h1-11,18H,12,19H2. The van der Waals surface area contributed by atoms with Crippen molar-refractivity contribution in [1.29, 1.82) is 0 Å². The summed E-state index contributed by atoms with van der Waals surface area (Å²) in [5.41, 5.74) is 7.56. The van der Waals surface area contributed by atoms with Gasteiger partial charge in [0.15, 0.2) is 0 Å². The lowest BCUT2D eigenvalue weighted by molar-refractivity contribution is -0.479. The van der Waals surface area contributed by atoms with Crippen LogP contribution in [0.3, 0.4) is 0 Å². The second-order valence-electron chi connectivity index (χ2n) is 5.27. The lowest BCUT2D eigenvalue weighted by Crippen LogP contribution is -2.10. The number of nitro groups is 1. The summed E-state index contributed by atoms with van der Waals surface area (Å²) >= 11 is 1.44. The number of hydrogen-bond acceptors (Lipinski definition) is 4. The topological polar surface area (TPSA) is 69.2 Å². The van der Waals surface area contributed by atoms with Crippen LogP contribution in [0.5, 0.6) is 0 Å². The van der Waals surface area contributed by atoms with Crippen molar-refractivity contribution < 1.29 is 4.92 Å². The maximum Gasteiger partial charge on any atom is 0.220 e. The summed E-state index contributed by atoms with van der Waals surface area (Å²) in [6, 6.07) is 21.4. The van der Waals surface area contributed by atoms with Crippen molar-refractivity contribution in [3.8, 4) is 0 Å². The maximum atomic E-state index is 11.1. The minimum atomic E-state index is -0.278. The number of fused-ring (bicyclic) bond motifs is 1. The molecule has 3 aromatic rings. The zero-order valence-corrected chi connectivity index (χ0v) is 13.2. The van der Waals surface area contributed by atoms with E-state index < -0.39 is 0 Å². The molecule has 0 aromatic heterocycles. The second-order valence-corrected chi connectivity index (χ2v) is 6.51. The molecule has 5 heteroatoms. The Morgan fingerprint density at radius 2 is 1.70 bits per heavy atom. The Morgan fingerprint density at radius 3 is 2.43 bits per heavy atom. The van der Waals surface area contributed by atoms with E-state index in [1.54, 1.807) is 0 Å². The minimum absolute atomic E-state index is 0.142. The summed E-state index contributed by atoms with van der Waals surface area (Å²) in [4.78, 5) is 11.7. The third kappa shape index (κ3) is 3.63. The zero-order valence-electron chi connectivity index (χ0n) is 12.4. The fourth-order valence-electron chi connectivity index (χ4n) is 2.50. The van der Waals surface area contributed by atoms with Crippen LogP contribution in [0.15, 0.2) is 71.6 Å². The molecule has 23 heavy (non-hydrogen) atoms. The number of thioether (sulfide) groups is 1. The monoisotopic (exact) mass is 324 g/mol. The largest absolute Gasteiger partial charge is 0.398 e. The van der Waals surface area contributed by atoms with Crippen LogP contribution in [-0.2, 0) is 0 Å². The highest BCUT2D eigenvalue weighted by molar-refractivity contribution is 7.99. The van der Waals surface area contributed by atoms with Gasteiger partial charge in [-0.15, -0.1) is 11.8 Å². The molecule has 0 amide bonds. The number of nitrogens with zero attached hydrogens (tertiary/aromatic N) is 1. The van der Waals surface area contributed by atoms with Gasteiger partial charge in [0.05, 0.1) is 5.25 Å². The molecule has 0 heterocycles. The van der Waals surface area contributed by atoms with Crippen LogP contribution in [-0.4, -0.2) is 11.5 Å². The van der Waals surface area contributed by atoms with Crippen molar-refractivity contribution in [3.63, 3.8) is 0 Å². The molecule has 0 aliphatic heterocycles. The molecule has 0 spiro atoms. The van der Waals surface area contributed by atoms with Crippen LogP contribution in [0.1, 0.15) is 10.8 Å². The summed E-state index contributed by atoms with van der Waals surface area (Å²) in [6.45, 7) is -0.142. The first kappa shape index (κ1) is 15.4. The quantitative estimate of drug-likeness (QED) is 0.324. The summed E-state index contributed by atoms with van der Waals surface area (Å²) in [5.74, 6) is 0. The van der Waals surface area contributed by atoms with E-state index in [0.29, 0.717) is 5.69 Å². The van der Waals surface area contributed by atoms with Gasteiger partial charge in [-0.2, -0.15) is 0 Å². The number of rotatable bonds is 5. The molecule has 0 saturated carbocycles. The molecule has 0 saturated heterocycles. The number of para-hydroxylation sites is 1. The Bertz CT molecular complexity index is 851. The van der Waals surface area contributed by atoms with Crippen molar-refractivity contribution in [2.75, 3.05) is 12.3 Å². The van der Waals surface area contributed by atoms with Gasteiger partial charge >= 0.3 is 0 Å². The van der Waals surface area contributed by atoms with Crippen molar-refractivity contribution in [1.82, 2.24) is 0 Å². The Hall–Kier alpha value is -2.53. The van der Waals surface area contributed by atoms with Crippen LogP contribution in [0.2, 0.25) is 0 Å². The van der Waals surface area contributed by atoms with E-state index in [-0.39, 0.29) is 16.7 Å². The van der Waals surface area contributed by atoms with Crippen molar-refractivity contribution in [2.24, 2.45) is 0 Å². The fourth-order valence-corrected chi connectivity index (χ4v) is 3.64. The Kier molecular flexibility index (Phi) is 4.48. The lowest BCUT2D eigenvalue weighted by Gasteiger charge is -2.15. The van der Waals surface area contributed by atoms with Gasteiger partial charge in [0.2, 0.25) is 6.54 Å². The van der Waals surface area contributed by atoms with E-state index in [1.165, 1.54) is 11.8 Å². The third-order valence-corrected chi connectivity index (χ3v) is 4.98. The van der Waals surface area contributed by atoms with E-state index in [0.717, 1.165) is 21.2 Å². The molecular weight excluding hydrogens is 308 g/mol. The molecule has 4 nitrogen and oxygen atoms in total. The van der Waals surface area contributed by atoms with Crippen molar-refractivity contribution >= 4 is 28.2 Å². The van der Waals surface area contributed by atoms with Gasteiger partial charge < -0.3 is 5.73 Å². The van der Waals surface area contributed by atoms with E-state index in [9.17, 15) is 10.1 Å². The van der Waals surface area contributed by atoms with Crippen LogP contribution >= 0.6 is 11.8 Å². The average Bonchev–Trinajstić information content (AvgIpc) is 2.55. The van der Waals surface area contributed by atoms with Crippen LogP contribution in [0.25, 0.3) is 10.8 Å². The van der Waals surface area contributed by atoms with Crippen LogP contribution < -0.4 is 5.73 Å². The molecule has 0 aliphatic carbocycles.